The number of carbonyl (C=O) groups excluding carboxylic acids is 2. The van der Waals surface area contributed by atoms with Gasteiger partial charge < -0.3 is 14.8 Å². The highest BCUT2D eigenvalue weighted by Crippen LogP contribution is 2.31. The van der Waals surface area contributed by atoms with Crippen LogP contribution >= 0.6 is 22.9 Å². The van der Waals surface area contributed by atoms with Gasteiger partial charge in [0.05, 0.1) is 17.6 Å². The minimum Gasteiger partial charge on any atom is -0.341 e. The van der Waals surface area contributed by atoms with E-state index in [9.17, 15) is 22.8 Å². The molecule has 2 aliphatic heterocycles. The number of rotatable bonds is 6. The van der Waals surface area contributed by atoms with Gasteiger partial charge in [-0.05, 0) is 67.5 Å². The molecule has 13 heteroatoms. The van der Waals surface area contributed by atoms with Crippen molar-refractivity contribution in [1.29, 1.82) is 0 Å². The summed E-state index contributed by atoms with van der Waals surface area (Å²) in [5.74, 6) is -0.574. The number of nitrogens with zero attached hydrogens (tertiary/aromatic N) is 3. The van der Waals surface area contributed by atoms with Crippen LogP contribution in [0.4, 0.5) is 0 Å². The SMILES string of the molecule is O=C(CN1CCC[C@H](NS(=O)(=O)c2cc3cc(Cl)ccc3s2)C1=O)N1CCC(n2c(=O)[nH]c3ccccc32)CC1. The van der Waals surface area contributed by atoms with E-state index in [0.29, 0.717) is 50.3 Å². The molecule has 0 aliphatic carbocycles. The van der Waals surface area contributed by atoms with Crippen molar-refractivity contribution in [1.82, 2.24) is 24.1 Å². The van der Waals surface area contributed by atoms with E-state index in [0.717, 1.165) is 32.5 Å². The number of likely N-dealkylation sites (tertiary alicyclic amines) is 2. The number of hydrogen-bond donors (Lipinski definition) is 2. The van der Waals surface area contributed by atoms with Crippen molar-refractivity contribution < 1.29 is 18.0 Å². The summed E-state index contributed by atoms with van der Waals surface area (Å²) < 4.78 is 31.4. The summed E-state index contributed by atoms with van der Waals surface area (Å²) >= 11 is 7.15. The number of imidazole rings is 1. The van der Waals surface area contributed by atoms with Crippen LogP contribution in [0.2, 0.25) is 5.02 Å². The van der Waals surface area contributed by atoms with Gasteiger partial charge in [0, 0.05) is 35.4 Å². The molecule has 2 aromatic carbocycles. The third-order valence-corrected chi connectivity index (χ3v) is 11.0. The van der Waals surface area contributed by atoms with Crippen LogP contribution in [0.5, 0.6) is 0 Å². The fourth-order valence-electron chi connectivity index (χ4n) is 5.65. The zero-order valence-electron chi connectivity index (χ0n) is 21.5. The second-order valence-electron chi connectivity index (χ2n) is 10.3. The Labute approximate surface area is 239 Å². The minimum absolute atomic E-state index is 0.0203. The maximum atomic E-state index is 13.2. The molecule has 2 saturated heterocycles. The van der Waals surface area contributed by atoms with Gasteiger partial charge in [0.15, 0.2) is 0 Å². The predicted molar refractivity (Wildman–Crippen MR) is 154 cm³/mol. The van der Waals surface area contributed by atoms with Gasteiger partial charge in [0.1, 0.15) is 10.3 Å². The first-order valence-corrected chi connectivity index (χ1v) is 15.8. The predicted octanol–water partition coefficient (Wildman–Crippen LogP) is 3.33. The molecule has 0 unspecified atom stereocenters. The van der Waals surface area contributed by atoms with Crippen molar-refractivity contribution in [3.8, 4) is 0 Å². The first-order valence-electron chi connectivity index (χ1n) is 13.2. The number of carbonyl (C=O) groups is 2. The number of halogens is 1. The summed E-state index contributed by atoms with van der Waals surface area (Å²) in [5, 5.41) is 1.24. The number of amides is 2. The van der Waals surface area contributed by atoms with Gasteiger partial charge in [0.2, 0.25) is 11.8 Å². The number of para-hydroxylation sites is 2. The molecular weight excluding hydrogens is 574 g/mol. The highest BCUT2D eigenvalue weighted by atomic mass is 35.5. The average Bonchev–Trinajstić information content (AvgIpc) is 3.51. The van der Waals surface area contributed by atoms with Crippen molar-refractivity contribution in [2.24, 2.45) is 0 Å². The largest absolute Gasteiger partial charge is 0.341 e. The monoisotopic (exact) mass is 601 g/mol. The Morgan fingerprint density at radius 1 is 1.05 bits per heavy atom. The van der Waals surface area contributed by atoms with E-state index in [4.69, 9.17) is 11.6 Å². The molecule has 210 valence electrons. The maximum absolute atomic E-state index is 13.2. The summed E-state index contributed by atoms with van der Waals surface area (Å²) in [6.45, 7) is 1.24. The van der Waals surface area contributed by atoms with Gasteiger partial charge in [-0.3, -0.25) is 14.2 Å². The highest BCUT2D eigenvalue weighted by molar-refractivity contribution is 7.91. The quantitative estimate of drug-likeness (QED) is 0.351. The summed E-state index contributed by atoms with van der Waals surface area (Å²) in [5.41, 5.74) is 1.48. The van der Waals surface area contributed by atoms with Gasteiger partial charge in [-0.25, -0.2) is 13.2 Å². The number of aromatic nitrogens is 2. The Bertz CT molecular complexity index is 1770. The zero-order valence-corrected chi connectivity index (χ0v) is 23.9. The Balaban J connectivity index is 1.08. The summed E-state index contributed by atoms with van der Waals surface area (Å²) in [6.07, 6.45) is 2.21. The van der Waals surface area contributed by atoms with Crippen LogP contribution in [0.3, 0.4) is 0 Å². The van der Waals surface area contributed by atoms with Crippen molar-refractivity contribution in [2.75, 3.05) is 26.2 Å². The molecule has 4 heterocycles. The van der Waals surface area contributed by atoms with Crippen molar-refractivity contribution in [2.45, 2.75) is 42.0 Å². The van der Waals surface area contributed by atoms with E-state index in [2.05, 4.69) is 9.71 Å². The molecule has 0 saturated carbocycles. The van der Waals surface area contributed by atoms with Crippen LogP contribution in [0.1, 0.15) is 31.7 Å². The number of benzene rings is 2. The molecule has 0 spiro atoms. The molecule has 2 aromatic heterocycles. The fourth-order valence-corrected chi connectivity index (χ4v) is 8.45. The van der Waals surface area contributed by atoms with Crippen LogP contribution in [-0.4, -0.2) is 71.8 Å². The molecule has 6 rings (SSSR count). The Morgan fingerprint density at radius 3 is 2.62 bits per heavy atom. The van der Waals surface area contributed by atoms with Crippen molar-refractivity contribution in [3.63, 3.8) is 0 Å². The van der Waals surface area contributed by atoms with Gasteiger partial charge in [-0.15, -0.1) is 11.3 Å². The van der Waals surface area contributed by atoms with E-state index in [1.165, 1.54) is 4.90 Å². The molecular formula is C27H28ClN5O5S2. The van der Waals surface area contributed by atoms with Crippen LogP contribution < -0.4 is 10.4 Å². The number of piperidine rings is 2. The number of fused-ring (bicyclic) bond motifs is 2. The highest BCUT2D eigenvalue weighted by Gasteiger charge is 2.35. The second-order valence-corrected chi connectivity index (χ2v) is 13.7. The number of aromatic amines is 1. The van der Waals surface area contributed by atoms with E-state index >= 15 is 0 Å². The van der Waals surface area contributed by atoms with Crippen molar-refractivity contribution in [3.05, 3.63) is 64.0 Å². The summed E-state index contributed by atoms with van der Waals surface area (Å²) in [6, 6.07) is 13.3. The number of hydrogen-bond acceptors (Lipinski definition) is 6. The van der Waals surface area contributed by atoms with Gasteiger partial charge in [-0.2, -0.15) is 4.72 Å². The topological polar surface area (TPSA) is 125 Å². The van der Waals surface area contributed by atoms with E-state index in [1.807, 2.05) is 24.3 Å². The first-order chi connectivity index (χ1) is 19.2. The number of H-pyrrole nitrogens is 1. The lowest BCUT2D eigenvalue weighted by atomic mass is 10.0. The summed E-state index contributed by atoms with van der Waals surface area (Å²) in [4.78, 5) is 45.0. The smallest absolute Gasteiger partial charge is 0.326 e. The van der Waals surface area contributed by atoms with Gasteiger partial charge in [0.25, 0.3) is 10.0 Å². The molecule has 2 aliphatic rings. The second kappa shape index (κ2) is 10.7. The molecule has 40 heavy (non-hydrogen) atoms. The molecule has 10 nitrogen and oxygen atoms in total. The normalized spacial score (nSPS) is 19.1. The van der Waals surface area contributed by atoms with Crippen LogP contribution in [0, 0.1) is 0 Å². The third kappa shape index (κ3) is 5.16. The Hall–Kier alpha value is -3.19. The van der Waals surface area contributed by atoms with E-state index in [1.54, 1.807) is 33.7 Å². The molecule has 2 amide bonds. The molecule has 0 bridgehead atoms. The molecule has 1 atom stereocenters. The molecule has 2 fully saturated rings. The lowest BCUT2D eigenvalue weighted by Gasteiger charge is -2.36. The third-order valence-electron chi connectivity index (χ3n) is 7.68. The van der Waals surface area contributed by atoms with Gasteiger partial charge >= 0.3 is 5.69 Å². The lowest BCUT2D eigenvalue weighted by molar-refractivity contribution is -0.143. The first kappa shape index (κ1) is 27.0. The average molecular weight is 602 g/mol. The number of thiophene rings is 1. The van der Waals surface area contributed by atoms with E-state index in [-0.39, 0.29) is 28.4 Å². The van der Waals surface area contributed by atoms with Gasteiger partial charge in [-0.1, -0.05) is 23.7 Å². The maximum Gasteiger partial charge on any atom is 0.326 e. The lowest BCUT2D eigenvalue weighted by Crippen LogP contribution is -2.55. The number of nitrogens with one attached hydrogen (secondary N) is 2. The van der Waals surface area contributed by atoms with Crippen LogP contribution in [0.15, 0.2) is 57.5 Å². The van der Waals surface area contributed by atoms with E-state index < -0.39 is 22.0 Å². The Kier molecular flexibility index (Phi) is 7.19. The summed E-state index contributed by atoms with van der Waals surface area (Å²) in [7, 11) is -3.93. The Morgan fingerprint density at radius 2 is 1.82 bits per heavy atom. The zero-order chi connectivity index (χ0) is 28.0. The van der Waals surface area contributed by atoms with Crippen LogP contribution in [0.25, 0.3) is 21.1 Å². The molecule has 0 radical (unpaired) electrons. The molecule has 2 N–H and O–H groups in total. The minimum atomic E-state index is -3.93. The van der Waals surface area contributed by atoms with Crippen molar-refractivity contribution >= 4 is 65.9 Å². The molecule has 4 aromatic rings. The standard InChI is InChI=1S/C27H28ClN5O5S2/c28-18-7-8-23-17(14-18)15-25(39-23)40(37,38)30-21-5-3-11-32(26(21)35)16-24(34)31-12-9-19(10-13-31)33-22-6-2-1-4-20(22)29-27(33)36/h1-2,4,6-8,14-15,19,21,30H,3,5,9-13,16H2,(H,29,36)/t21-/m0/s1. The fraction of sp³-hybridized carbons (Fsp3) is 0.370. The number of sulfonamides is 1. The van der Waals surface area contributed by atoms with Crippen LogP contribution in [-0.2, 0) is 19.6 Å².